The van der Waals surface area contributed by atoms with Gasteiger partial charge >= 0.3 is 11.8 Å². The molecule has 3 aromatic carbocycles. The first kappa shape index (κ1) is 25.7. The van der Waals surface area contributed by atoms with E-state index in [-0.39, 0.29) is 28.2 Å². The molecule has 3 amide bonds. The van der Waals surface area contributed by atoms with Gasteiger partial charge in [0.25, 0.3) is 5.91 Å². The molecule has 0 fully saturated rings. The molecule has 0 aliphatic carbocycles. The number of rotatable bonds is 8. The second-order valence-electron chi connectivity index (χ2n) is 7.21. The molecular formula is C25H22Cl2N4O4. The summed E-state index contributed by atoms with van der Waals surface area (Å²) in [6, 6.07) is 18.9. The summed E-state index contributed by atoms with van der Waals surface area (Å²) in [5.41, 5.74) is 4.86. The van der Waals surface area contributed by atoms with E-state index in [0.717, 1.165) is 6.42 Å². The maximum atomic E-state index is 12.1. The Labute approximate surface area is 212 Å². The van der Waals surface area contributed by atoms with Crippen LogP contribution in [0.4, 0.5) is 11.4 Å². The lowest BCUT2D eigenvalue weighted by atomic mass is 10.1. The molecule has 0 aromatic heterocycles. The quantitative estimate of drug-likeness (QED) is 0.231. The van der Waals surface area contributed by atoms with Crippen molar-refractivity contribution in [3.63, 3.8) is 0 Å². The molecule has 35 heavy (non-hydrogen) atoms. The van der Waals surface area contributed by atoms with Crippen molar-refractivity contribution in [3.8, 4) is 5.75 Å². The van der Waals surface area contributed by atoms with Crippen molar-refractivity contribution in [1.82, 2.24) is 5.43 Å². The molecule has 3 aromatic rings. The average Bonchev–Trinajstić information content (AvgIpc) is 2.86. The minimum absolute atomic E-state index is 0.129. The van der Waals surface area contributed by atoms with Crippen LogP contribution in [0.25, 0.3) is 0 Å². The zero-order valence-electron chi connectivity index (χ0n) is 18.7. The fraction of sp³-hybridized carbons (Fsp3) is 0.120. The molecule has 0 spiro atoms. The van der Waals surface area contributed by atoms with Crippen LogP contribution in [0.15, 0.2) is 71.8 Å². The molecule has 180 valence electrons. The van der Waals surface area contributed by atoms with Crippen molar-refractivity contribution < 1.29 is 19.1 Å². The average molecular weight is 513 g/mol. The molecule has 0 bridgehead atoms. The summed E-state index contributed by atoms with van der Waals surface area (Å²) >= 11 is 11.9. The van der Waals surface area contributed by atoms with Gasteiger partial charge in [0.15, 0.2) is 6.61 Å². The molecule has 3 N–H and O–H groups in total. The van der Waals surface area contributed by atoms with E-state index in [1.165, 1.54) is 17.8 Å². The Morgan fingerprint density at radius 3 is 2.31 bits per heavy atom. The Balaban J connectivity index is 1.43. The van der Waals surface area contributed by atoms with E-state index in [9.17, 15) is 14.4 Å². The van der Waals surface area contributed by atoms with E-state index < -0.39 is 11.8 Å². The van der Waals surface area contributed by atoms with Gasteiger partial charge < -0.3 is 15.4 Å². The Hall–Kier alpha value is -3.88. The molecule has 0 heterocycles. The van der Waals surface area contributed by atoms with Crippen LogP contribution in [-0.4, -0.2) is 30.5 Å². The zero-order chi connectivity index (χ0) is 25.2. The molecule has 0 unspecified atom stereocenters. The van der Waals surface area contributed by atoms with Crippen LogP contribution in [0.3, 0.4) is 0 Å². The van der Waals surface area contributed by atoms with E-state index in [4.69, 9.17) is 27.9 Å². The van der Waals surface area contributed by atoms with Crippen molar-refractivity contribution >= 4 is 58.5 Å². The number of halogens is 2. The van der Waals surface area contributed by atoms with Crippen LogP contribution in [0, 0.1) is 0 Å². The van der Waals surface area contributed by atoms with Crippen LogP contribution in [0.1, 0.15) is 18.1 Å². The maximum Gasteiger partial charge on any atom is 0.329 e. The molecule has 0 atom stereocenters. The molecular weight excluding hydrogens is 491 g/mol. The first-order chi connectivity index (χ1) is 16.9. The second-order valence-corrected chi connectivity index (χ2v) is 8.00. The summed E-state index contributed by atoms with van der Waals surface area (Å²) in [6.45, 7) is 1.92. The van der Waals surface area contributed by atoms with Crippen LogP contribution in [0.5, 0.6) is 5.75 Å². The number of hydrogen-bond acceptors (Lipinski definition) is 5. The number of hydrazone groups is 1. The monoisotopic (exact) mass is 512 g/mol. The number of nitrogens with zero attached hydrogens (tertiary/aromatic N) is 1. The fourth-order valence-electron chi connectivity index (χ4n) is 2.82. The number of ether oxygens (including phenoxy) is 1. The van der Waals surface area contributed by atoms with Crippen molar-refractivity contribution in [3.05, 3.63) is 87.9 Å². The number of hydrogen-bond donors (Lipinski definition) is 3. The van der Waals surface area contributed by atoms with Crippen LogP contribution >= 0.6 is 23.2 Å². The van der Waals surface area contributed by atoms with E-state index >= 15 is 0 Å². The van der Waals surface area contributed by atoms with Crippen LogP contribution < -0.4 is 20.8 Å². The molecule has 3 rings (SSSR count). The van der Waals surface area contributed by atoms with Crippen molar-refractivity contribution in [2.45, 2.75) is 13.3 Å². The van der Waals surface area contributed by atoms with Gasteiger partial charge in [-0.15, -0.1) is 0 Å². The lowest BCUT2D eigenvalue weighted by Crippen LogP contribution is -2.32. The van der Waals surface area contributed by atoms with Crippen LogP contribution in [0.2, 0.25) is 10.0 Å². The molecule has 0 saturated carbocycles. The third-order valence-electron chi connectivity index (χ3n) is 4.68. The lowest BCUT2D eigenvalue weighted by molar-refractivity contribution is -0.136. The summed E-state index contributed by atoms with van der Waals surface area (Å²) in [6.07, 6.45) is 2.28. The third-order valence-corrected chi connectivity index (χ3v) is 5.50. The van der Waals surface area contributed by atoms with Gasteiger partial charge in [-0.1, -0.05) is 48.3 Å². The highest BCUT2D eigenvalue weighted by Crippen LogP contribution is 2.29. The number of benzene rings is 3. The number of carbonyl (C=O) groups is 3. The number of amides is 3. The lowest BCUT2D eigenvalue weighted by Gasteiger charge is -2.08. The van der Waals surface area contributed by atoms with Crippen molar-refractivity contribution in [2.75, 3.05) is 17.2 Å². The molecule has 0 aliphatic heterocycles. The number of anilines is 2. The van der Waals surface area contributed by atoms with Gasteiger partial charge in [0.2, 0.25) is 0 Å². The third kappa shape index (κ3) is 7.84. The number of aryl methyl sites for hydroxylation is 1. The summed E-state index contributed by atoms with van der Waals surface area (Å²) < 4.78 is 5.49. The van der Waals surface area contributed by atoms with Gasteiger partial charge in [0, 0.05) is 5.69 Å². The first-order valence-corrected chi connectivity index (χ1v) is 11.3. The normalized spacial score (nSPS) is 10.6. The Morgan fingerprint density at radius 2 is 1.63 bits per heavy atom. The minimum Gasteiger partial charge on any atom is -0.484 e. The standard InChI is InChI=1S/C25H22Cl2N4O4/c1-2-16-6-10-18(11-7-16)29-22(32)15-35-19-12-8-17(9-13-19)14-28-31-25(34)24(33)30-21-5-3-4-20(26)23(21)27/h3-14H,2,15H2,1H3,(H,29,32)(H,30,33)(H,31,34)/b28-14-. The molecule has 8 nitrogen and oxygen atoms in total. The minimum atomic E-state index is -0.979. The van der Waals surface area contributed by atoms with E-state index in [0.29, 0.717) is 17.0 Å². The summed E-state index contributed by atoms with van der Waals surface area (Å²) in [7, 11) is 0. The predicted molar refractivity (Wildman–Crippen MR) is 137 cm³/mol. The van der Waals surface area contributed by atoms with Crippen LogP contribution in [-0.2, 0) is 20.8 Å². The van der Waals surface area contributed by atoms with Gasteiger partial charge in [0.05, 0.1) is 21.9 Å². The van der Waals surface area contributed by atoms with Gasteiger partial charge in [-0.2, -0.15) is 5.10 Å². The summed E-state index contributed by atoms with van der Waals surface area (Å²) in [5, 5.41) is 9.27. The van der Waals surface area contributed by atoms with Crippen molar-refractivity contribution in [2.24, 2.45) is 5.10 Å². The Kier molecular flexibility index (Phi) is 9.23. The van der Waals surface area contributed by atoms with Gasteiger partial charge in [-0.25, -0.2) is 5.43 Å². The van der Waals surface area contributed by atoms with Gasteiger partial charge in [-0.3, -0.25) is 14.4 Å². The van der Waals surface area contributed by atoms with E-state index in [2.05, 4.69) is 28.1 Å². The van der Waals surface area contributed by atoms with Crippen molar-refractivity contribution in [1.29, 1.82) is 0 Å². The molecule has 0 saturated heterocycles. The first-order valence-electron chi connectivity index (χ1n) is 10.6. The number of nitrogens with one attached hydrogen (secondary N) is 3. The van der Waals surface area contributed by atoms with Gasteiger partial charge in [-0.05, 0) is 66.1 Å². The maximum absolute atomic E-state index is 12.1. The summed E-state index contributed by atoms with van der Waals surface area (Å²) in [4.78, 5) is 36.0. The smallest absolute Gasteiger partial charge is 0.329 e. The predicted octanol–water partition coefficient (Wildman–Crippen LogP) is 4.66. The van der Waals surface area contributed by atoms with E-state index in [1.807, 2.05) is 24.3 Å². The fourth-order valence-corrected chi connectivity index (χ4v) is 3.16. The van der Waals surface area contributed by atoms with Gasteiger partial charge in [0.1, 0.15) is 5.75 Å². The molecule has 0 radical (unpaired) electrons. The second kappa shape index (κ2) is 12.5. The topological polar surface area (TPSA) is 109 Å². The highest BCUT2D eigenvalue weighted by atomic mass is 35.5. The number of carbonyl (C=O) groups excluding carboxylic acids is 3. The van der Waals surface area contributed by atoms with E-state index in [1.54, 1.807) is 36.4 Å². The SMILES string of the molecule is CCc1ccc(NC(=O)COc2ccc(/C=N\NC(=O)C(=O)Nc3cccc(Cl)c3Cl)cc2)cc1. The highest BCUT2D eigenvalue weighted by Gasteiger charge is 2.15. The molecule has 10 heteroatoms. The summed E-state index contributed by atoms with van der Waals surface area (Å²) in [5.74, 6) is -1.72. The largest absolute Gasteiger partial charge is 0.484 e. The Morgan fingerprint density at radius 1 is 0.914 bits per heavy atom. The highest BCUT2D eigenvalue weighted by molar-refractivity contribution is 6.45. The zero-order valence-corrected chi connectivity index (χ0v) is 20.2. The molecule has 0 aliphatic rings. The Bertz CT molecular complexity index is 1230.